The number of para-hydroxylation sites is 1. The van der Waals surface area contributed by atoms with E-state index in [0.717, 1.165) is 0 Å². The highest BCUT2D eigenvalue weighted by atomic mass is 16.3. The molecule has 6 heteroatoms. The number of aromatic hydroxyl groups is 1. The first-order valence-corrected chi connectivity index (χ1v) is 5.19. The molecule has 0 fully saturated rings. The van der Waals surface area contributed by atoms with Gasteiger partial charge in [-0.05, 0) is 24.3 Å². The molecule has 18 heavy (non-hydrogen) atoms. The number of benzene rings is 1. The average Bonchev–Trinajstić information content (AvgIpc) is 2.81. The summed E-state index contributed by atoms with van der Waals surface area (Å²) in [4.78, 5) is 15.1. The van der Waals surface area contributed by atoms with Gasteiger partial charge in [0.15, 0.2) is 11.7 Å². The van der Waals surface area contributed by atoms with Crippen molar-refractivity contribution in [1.29, 1.82) is 0 Å². The molecule has 92 valence electrons. The number of nitrogens with zero attached hydrogens (tertiary/aromatic N) is 2. The zero-order chi connectivity index (χ0) is 13.1. The SMILES string of the molecule is NC(N)=NC(=O)c1cccc(-n2cccc2)c1O. The molecular weight excluding hydrogens is 232 g/mol. The second kappa shape index (κ2) is 4.62. The van der Waals surface area contributed by atoms with Crippen LogP contribution in [0.4, 0.5) is 0 Å². The highest BCUT2D eigenvalue weighted by Gasteiger charge is 2.14. The predicted octanol–water partition coefficient (Wildman–Crippen LogP) is 0.596. The van der Waals surface area contributed by atoms with E-state index in [4.69, 9.17) is 11.5 Å². The Balaban J connectivity index is 2.49. The molecule has 2 aromatic rings. The monoisotopic (exact) mass is 244 g/mol. The summed E-state index contributed by atoms with van der Waals surface area (Å²) in [6.45, 7) is 0. The summed E-state index contributed by atoms with van der Waals surface area (Å²) in [7, 11) is 0. The number of hydrogen-bond acceptors (Lipinski definition) is 2. The van der Waals surface area contributed by atoms with Crippen LogP contribution in [0.5, 0.6) is 5.75 Å². The largest absolute Gasteiger partial charge is 0.505 e. The van der Waals surface area contributed by atoms with Gasteiger partial charge in [0.2, 0.25) is 0 Å². The molecule has 0 aliphatic carbocycles. The molecule has 0 saturated carbocycles. The van der Waals surface area contributed by atoms with E-state index in [1.165, 1.54) is 6.07 Å². The molecular formula is C12H12N4O2. The molecule has 0 aliphatic heterocycles. The zero-order valence-electron chi connectivity index (χ0n) is 9.45. The van der Waals surface area contributed by atoms with Crippen molar-refractivity contribution >= 4 is 11.9 Å². The minimum Gasteiger partial charge on any atom is -0.505 e. The maximum Gasteiger partial charge on any atom is 0.284 e. The zero-order valence-corrected chi connectivity index (χ0v) is 9.45. The third-order valence-electron chi connectivity index (χ3n) is 2.36. The Hall–Kier alpha value is -2.76. The van der Waals surface area contributed by atoms with Crippen molar-refractivity contribution in [1.82, 2.24) is 4.57 Å². The van der Waals surface area contributed by atoms with Crippen LogP contribution in [0.25, 0.3) is 5.69 Å². The highest BCUT2D eigenvalue weighted by Crippen LogP contribution is 2.26. The molecule has 0 radical (unpaired) electrons. The standard InChI is InChI=1S/C12H12N4O2/c13-12(14)15-11(18)8-4-3-5-9(10(8)17)16-6-1-2-7-16/h1-7,17H,(H4,13,14,15,18). The van der Waals surface area contributed by atoms with Crippen molar-refractivity contribution in [3.8, 4) is 11.4 Å². The van der Waals surface area contributed by atoms with Gasteiger partial charge in [-0.2, -0.15) is 4.99 Å². The summed E-state index contributed by atoms with van der Waals surface area (Å²) < 4.78 is 1.68. The van der Waals surface area contributed by atoms with E-state index in [0.29, 0.717) is 5.69 Å². The summed E-state index contributed by atoms with van der Waals surface area (Å²) >= 11 is 0. The smallest absolute Gasteiger partial charge is 0.284 e. The number of phenols is 1. The van der Waals surface area contributed by atoms with Crippen LogP contribution in [0, 0.1) is 0 Å². The second-order valence-corrected chi connectivity index (χ2v) is 3.61. The van der Waals surface area contributed by atoms with Crippen LogP contribution in [-0.2, 0) is 0 Å². The van der Waals surface area contributed by atoms with E-state index < -0.39 is 5.91 Å². The lowest BCUT2D eigenvalue weighted by molar-refractivity contribution is 0.1000. The van der Waals surface area contributed by atoms with Crippen molar-refractivity contribution < 1.29 is 9.90 Å². The predicted molar refractivity (Wildman–Crippen MR) is 67.6 cm³/mol. The van der Waals surface area contributed by atoms with Crippen LogP contribution < -0.4 is 11.5 Å². The molecule has 0 aliphatic rings. The Morgan fingerprint density at radius 1 is 1.17 bits per heavy atom. The number of guanidine groups is 1. The molecule has 0 unspecified atom stereocenters. The van der Waals surface area contributed by atoms with Gasteiger partial charge in [-0.3, -0.25) is 4.79 Å². The Labute approximate surface area is 103 Å². The van der Waals surface area contributed by atoms with Crippen molar-refractivity contribution in [2.75, 3.05) is 0 Å². The van der Waals surface area contributed by atoms with E-state index in [1.54, 1.807) is 29.1 Å². The Kier molecular flexibility index (Phi) is 3.01. The van der Waals surface area contributed by atoms with E-state index >= 15 is 0 Å². The molecule has 1 aromatic heterocycles. The lowest BCUT2D eigenvalue weighted by Gasteiger charge is -2.08. The summed E-state index contributed by atoms with van der Waals surface area (Å²) in [5.74, 6) is -1.18. The number of hydrogen-bond donors (Lipinski definition) is 3. The molecule has 1 aromatic carbocycles. The van der Waals surface area contributed by atoms with Crippen molar-refractivity contribution in [3.63, 3.8) is 0 Å². The van der Waals surface area contributed by atoms with Gasteiger partial charge in [0.05, 0.1) is 11.3 Å². The number of aromatic nitrogens is 1. The van der Waals surface area contributed by atoms with E-state index in [1.807, 2.05) is 12.1 Å². The third kappa shape index (κ3) is 2.17. The molecule has 0 saturated heterocycles. The number of carbonyl (C=O) groups excluding carboxylic acids is 1. The van der Waals surface area contributed by atoms with Crippen molar-refractivity contribution in [2.24, 2.45) is 16.5 Å². The first-order chi connectivity index (χ1) is 8.59. The fourth-order valence-electron chi connectivity index (χ4n) is 1.58. The molecule has 1 heterocycles. The maximum atomic E-state index is 11.7. The van der Waals surface area contributed by atoms with Crippen LogP contribution in [-0.4, -0.2) is 21.5 Å². The fourth-order valence-corrected chi connectivity index (χ4v) is 1.58. The van der Waals surface area contributed by atoms with Crippen LogP contribution in [0.2, 0.25) is 0 Å². The van der Waals surface area contributed by atoms with Crippen molar-refractivity contribution in [2.45, 2.75) is 0 Å². The number of amides is 1. The molecule has 6 nitrogen and oxygen atoms in total. The van der Waals surface area contributed by atoms with Crippen LogP contribution in [0.15, 0.2) is 47.7 Å². The number of phenolic OH excluding ortho intramolecular Hbond substituents is 1. The lowest BCUT2D eigenvalue weighted by Crippen LogP contribution is -2.24. The van der Waals surface area contributed by atoms with E-state index in [2.05, 4.69) is 4.99 Å². The van der Waals surface area contributed by atoms with Crippen LogP contribution >= 0.6 is 0 Å². The lowest BCUT2D eigenvalue weighted by atomic mass is 10.1. The number of rotatable bonds is 2. The van der Waals surface area contributed by atoms with Gasteiger partial charge in [0.25, 0.3) is 5.91 Å². The van der Waals surface area contributed by atoms with Gasteiger partial charge >= 0.3 is 0 Å². The molecule has 1 amide bonds. The van der Waals surface area contributed by atoms with Gasteiger partial charge in [-0.1, -0.05) is 6.07 Å². The highest BCUT2D eigenvalue weighted by molar-refractivity contribution is 6.04. The Morgan fingerprint density at radius 3 is 2.44 bits per heavy atom. The van der Waals surface area contributed by atoms with E-state index in [-0.39, 0.29) is 17.3 Å². The summed E-state index contributed by atoms with van der Waals surface area (Å²) in [6, 6.07) is 8.40. The van der Waals surface area contributed by atoms with Gasteiger partial charge < -0.3 is 21.1 Å². The Bertz CT molecular complexity index is 599. The molecule has 5 N–H and O–H groups in total. The van der Waals surface area contributed by atoms with Gasteiger partial charge in [0, 0.05) is 12.4 Å². The molecule has 0 spiro atoms. The Morgan fingerprint density at radius 2 is 1.83 bits per heavy atom. The van der Waals surface area contributed by atoms with Crippen molar-refractivity contribution in [3.05, 3.63) is 48.3 Å². The number of carbonyl (C=O) groups is 1. The van der Waals surface area contributed by atoms with Gasteiger partial charge in [0.1, 0.15) is 0 Å². The number of nitrogens with two attached hydrogens (primary N) is 2. The summed E-state index contributed by atoms with van der Waals surface area (Å²) in [6.07, 6.45) is 3.51. The number of aliphatic imine (C=N–C) groups is 1. The van der Waals surface area contributed by atoms with E-state index in [9.17, 15) is 9.90 Å². The van der Waals surface area contributed by atoms with Crippen LogP contribution in [0.3, 0.4) is 0 Å². The first kappa shape index (κ1) is 11.7. The van der Waals surface area contributed by atoms with Gasteiger partial charge in [-0.15, -0.1) is 0 Å². The molecule has 0 bridgehead atoms. The third-order valence-corrected chi connectivity index (χ3v) is 2.36. The first-order valence-electron chi connectivity index (χ1n) is 5.19. The molecule has 0 atom stereocenters. The van der Waals surface area contributed by atoms with Gasteiger partial charge in [-0.25, -0.2) is 0 Å². The summed E-state index contributed by atoms with van der Waals surface area (Å²) in [5, 5.41) is 10.1. The maximum absolute atomic E-state index is 11.7. The average molecular weight is 244 g/mol. The topological polar surface area (TPSA) is 107 Å². The second-order valence-electron chi connectivity index (χ2n) is 3.61. The normalized spacial score (nSPS) is 10.0. The minimum absolute atomic E-state index is 0.0506. The minimum atomic E-state index is -0.679. The fraction of sp³-hybridized carbons (Fsp3) is 0. The summed E-state index contributed by atoms with van der Waals surface area (Å²) in [5.41, 5.74) is 10.8. The van der Waals surface area contributed by atoms with Crippen LogP contribution in [0.1, 0.15) is 10.4 Å². The molecule has 2 rings (SSSR count). The quantitative estimate of drug-likeness (QED) is 0.531.